The van der Waals surface area contributed by atoms with Crippen LogP contribution in [-0.4, -0.2) is 41.3 Å². The summed E-state index contributed by atoms with van der Waals surface area (Å²) in [4.78, 5) is 36.1. The van der Waals surface area contributed by atoms with Crippen molar-refractivity contribution < 1.29 is 24.2 Å². The van der Waals surface area contributed by atoms with E-state index in [1.807, 2.05) is 24.3 Å². The molecule has 1 heterocycles. The second-order valence-corrected chi connectivity index (χ2v) is 8.90. The van der Waals surface area contributed by atoms with E-state index in [-0.39, 0.29) is 16.7 Å². The van der Waals surface area contributed by atoms with E-state index in [9.17, 15) is 19.5 Å². The first-order valence-corrected chi connectivity index (χ1v) is 11.3. The van der Waals surface area contributed by atoms with Crippen LogP contribution in [-0.2, 0) is 16.1 Å². The summed E-state index contributed by atoms with van der Waals surface area (Å²) in [5, 5.41) is 15.9. The van der Waals surface area contributed by atoms with Crippen molar-refractivity contribution in [3.05, 3.63) is 41.5 Å². The molecule has 1 saturated carbocycles. The summed E-state index contributed by atoms with van der Waals surface area (Å²) in [5.74, 6) is -1.12. The Morgan fingerprint density at radius 2 is 1.94 bits per heavy atom. The molecule has 0 unspecified atom stereocenters. The quantitative estimate of drug-likeness (QED) is 0.362. The van der Waals surface area contributed by atoms with Crippen molar-refractivity contribution in [2.75, 3.05) is 5.32 Å². The highest BCUT2D eigenvalue weighted by Crippen LogP contribution is 2.35. The molecule has 1 aromatic carbocycles. The summed E-state index contributed by atoms with van der Waals surface area (Å²) in [6.45, 7) is 1.87. The molecule has 3 amide bonds. The number of anilines is 1. The summed E-state index contributed by atoms with van der Waals surface area (Å²) < 4.78 is 5.54. The fraction of sp³-hybridized carbons (Fsp3) is 0.409. The Bertz CT molecular complexity index is 984. The highest BCUT2D eigenvalue weighted by Gasteiger charge is 2.28. The van der Waals surface area contributed by atoms with E-state index in [0.29, 0.717) is 6.54 Å². The molecule has 2 aromatic rings. The van der Waals surface area contributed by atoms with Gasteiger partial charge in [-0.05, 0) is 55.9 Å². The minimum atomic E-state index is -0.912. The molecule has 2 atom stereocenters. The van der Waals surface area contributed by atoms with E-state index in [4.69, 9.17) is 16.2 Å². The van der Waals surface area contributed by atoms with Crippen molar-refractivity contribution in [3.63, 3.8) is 0 Å². The predicted molar refractivity (Wildman–Crippen MR) is 122 cm³/mol. The number of esters is 1. The van der Waals surface area contributed by atoms with Crippen LogP contribution < -0.4 is 22.1 Å². The molecule has 32 heavy (non-hydrogen) atoms. The number of carbonyl (C=O) groups is 3. The number of urea groups is 1. The number of primary amides is 2. The van der Waals surface area contributed by atoms with E-state index < -0.39 is 30.1 Å². The van der Waals surface area contributed by atoms with Crippen LogP contribution >= 0.6 is 11.3 Å². The topological polar surface area (TPSA) is 157 Å². The maximum atomic E-state index is 12.5. The number of rotatable bonds is 9. The number of carbonyl (C=O) groups excluding carboxylic acids is 3. The Balaban J connectivity index is 1.72. The minimum absolute atomic E-state index is 0.0737. The molecule has 172 valence electrons. The zero-order valence-corrected chi connectivity index (χ0v) is 18.6. The number of nitrogens with one attached hydrogen (secondary N) is 2. The summed E-state index contributed by atoms with van der Waals surface area (Å²) >= 11 is 1.18. The highest BCUT2D eigenvalue weighted by molar-refractivity contribution is 7.20. The van der Waals surface area contributed by atoms with Gasteiger partial charge in [-0.2, -0.15) is 0 Å². The van der Waals surface area contributed by atoms with Crippen LogP contribution in [0.4, 0.5) is 9.80 Å². The van der Waals surface area contributed by atoms with Gasteiger partial charge in [-0.25, -0.2) is 4.79 Å². The minimum Gasteiger partial charge on any atom is -0.461 e. The van der Waals surface area contributed by atoms with Gasteiger partial charge in [0, 0.05) is 11.4 Å². The molecule has 1 aromatic heterocycles. The summed E-state index contributed by atoms with van der Waals surface area (Å²) in [7, 11) is 0. The lowest BCUT2D eigenvalue weighted by atomic mass is 10.1. The van der Waals surface area contributed by atoms with Crippen LogP contribution in [0.3, 0.4) is 0 Å². The first-order valence-electron chi connectivity index (χ1n) is 10.5. The lowest BCUT2D eigenvalue weighted by Crippen LogP contribution is -2.46. The highest BCUT2D eigenvalue weighted by atomic mass is 32.1. The van der Waals surface area contributed by atoms with Crippen molar-refractivity contribution in [2.45, 2.75) is 57.4 Å². The second-order valence-electron chi connectivity index (χ2n) is 7.85. The zero-order valence-electron chi connectivity index (χ0n) is 17.8. The first kappa shape index (κ1) is 23.7. The molecule has 3 rings (SSSR count). The van der Waals surface area contributed by atoms with E-state index in [1.165, 1.54) is 11.3 Å². The van der Waals surface area contributed by atoms with Gasteiger partial charge in [0.05, 0.1) is 11.7 Å². The molecular formula is C22H28N4O5S. The molecule has 1 aliphatic carbocycles. The Labute approximate surface area is 190 Å². The average Bonchev–Trinajstić information content (AvgIpc) is 3.37. The molecule has 0 radical (unpaired) electrons. The van der Waals surface area contributed by atoms with Gasteiger partial charge in [-0.1, -0.05) is 18.2 Å². The number of hydrogen-bond acceptors (Lipinski definition) is 7. The van der Waals surface area contributed by atoms with Crippen molar-refractivity contribution in [1.82, 2.24) is 5.32 Å². The lowest BCUT2D eigenvalue weighted by molar-refractivity contribution is -0.154. The van der Waals surface area contributed by atoms with Crippen molar-refractivity contribution in [1.29, 1.82) is 0 Å². The SMILES string of the molecule is C[C@@H](O)[C@H](NCc1cccc(-c2cc(C(N)=O)c(NC(N)=O)s2)c1)C(=O)OC1CCCC1. The van der Waals surface area contributed by atoms with Crippen LogP contribution in [0, 0.1) is 0 Å². The Kier molecular flexibility index (Phi) is 7.84. The molecule has 0 spiro atoms. The summed E-state index contributed by atoms with van der Waals surface area (Å²) in [6, 6.07) is 7.44. The zero-order chi connectivity index (χ0) is 23.3. The largest absolute Gasteiger partial charge is 0.461 e. The van der Waals surface area contributed by atoms with Gasteiger partial charge in [-0.3, -0.25) is 20.2 Å². The van der Waals surface area contributed by atoms with E-state index in [1.54, 1.807) is 13.0 Å². The number of aliphatic hydroxyl groups is 1. The van der Waals surface area contributed by atoms with Gasteiger partial charge in [0.2, 0.25) is 0 Å². The second kappa shape index (κ2) is 10.6. The fourth-order valence-electron chi connectivity index (χ4n) is 3.68. The van der Waals surface area contributed by atoms with Gasteiger partial charge in [0.25, 0.3) is 5.91 Å². The van der Waals surface area contributed by atoms with E-state index >= 15 is 0 Å². The standard InChI is InChI=1S/C22H28N4O5S/c1-12(27)18(21(29)31-15-7-2-3-8-15)25-11-13-5-4-6-14(9-13)17-10-16(19(23)28)20(32-17)26-22(24)30/h4-6,9-10,12,15,18,25,27H,2-3,7-8,11H2,1H3,(H2,23,28)(H3,24,26,30)/t12-,18+/m1/s1. The van der Waals surface area contributed by atoms with Crippen molar-refractivity contribution in [3.8, 4) is 10.4 Å². The van der Waals surface area contributed by atoms with Gasteiger partial charge >= 0.3 is 12.0 Å². The third-order valence-corrected chi connectivity index (χ3v) is 6.39. The van der Waals surface area contributed by atoms with Gasteiger partial charge in [0.15, 0.2) is 0 Å². The third-order valence-electron chi connectivity index (χ3n) is 5.29. The predicted octanol–water partition coefficient (Wildman–Crippen LogP) is 2.33. The monoisotopic (exact) mass is 460 g/mol. The summed E-state index contributed by atoms with van der Waals surface area (Å²) in [6.07, 6.45) is 2.84. The maximum Gasteiger partial charge on any atom is 0.326 e. The molecule has 0 bridgehead atoms. The number of thiophene rings is 1. The fourth-order valence-corrected chi connectivity index (χ4v) is 4.74. The van der Waals surface area contributed by atoms with Gasteiger partial charge < -0.3 is 21.3 Å². The van der Waals surface area contributed by atoms with Crippen LogP contribution in [0.1, 0.15) is 48.5 Å². The molecule has 10 heteroatoms. The van der Waals surface area contributed by atoms with Crippen molar-refractivity contribution >= 4 is 34.2 Å². The third kappa shape index (κ3) is 6.06. The van der Waals surface area contributed by atoms with E-state index in [2.05, 4.69) is 10.6 Å². The summed E-state index contributed by atoms with van der Waals surface area (Å²) in [5.41, 5.74) is 12.4. The number of aliphatic hydroxyl groups excluding tert-OH is 1. The molecule has 7 N–H and O–H groups in total. The molecular weight excluding hydrogens is 432 g/mol. The molecule has 1 fully saturated rings. The van der Waals surface area contributed by atoms with Crippen LogP contribution in [0.25, 0.3) is 10.4 Å². The average molecular weight is 461 g/mol. The molecule has 9 nitrogen and oxygen atoms in total. The van der Waals surface area contributed by atoms with Crippen LogP contribution in [0.2, 0.25) is 0 Å². The van der Waals surface area contributed by atoms with Crippen LogP contribution in [0.5, 0.6) is 0 Å². The maximum absolute atomic E-state index is 12.5. The molecule has 0 saturated heterocycles. The van der Waals surface area contributed by atoms with Crippen molar-refractivity contribution in [2.24, 2.45) is 11.5 Å². The normalized spacial score (nSPS) is 15.8. The first-order chi connectivity index (χ1) is 15.2. The Morgan fingerprint density at radius 3 is 2.56 bits per heavy atom. The lowest BCUT2D eigenvalue weighted by Gasteiger charge is -2.22. The smallest absolute Gasteiger partial charge is 0.326 e. The Morgan fingerprint density at radius 1 is 1.22 bits per heavy atom. The van der Waals surface area contributed by atoms with Gasteiger partial charge in [-0.15, -0.1) is 11.3 Å². The van der Waals surface area contributed by atoms with E-state index in [0.717, 1.165) is 41.7 Å². The number of nitrogens with two attached hydrogens (primary N) is 2. The molecule has 0 aliphatic heterocycles. The number of ether oxygens (including phenoxy) is 1. The van der Waals surface area contributed by atoms with Crippen LogP contribution in [0.15, 0.2) is 30.3 Å². The number of amides is 3. The number of benzene rings is 1. The van der Waals surface area contributed by atoms with Gasteiger partial charge in [0.1, 0.15) is 17.1 Å². The Hall–Kier alpha value is -2.95. The molecule has 1 aliphatic rings. The number of hydrogen-bond donors (Lipinski definition) is 5.